The molecule has 0 saturated carbocycles. The smallest absolute Gasteiger partial charge is 0.323 e. The number of hydrogen-bond acceptors (Lipinski definition) is 10. The number of nitrogens with two attached hydrogens (primary N) is 1. The summed E-state index contributed by atoms with van der Waals surface area (Å²) >= 11 is 0. The fourth-order valence-electron chi connectivity index (χ4n) is 3.97. The highest BCUT2D eigenvalue weighted by molar-refractivity contribution is 7.42. The molecule has 1 saturated heterocycles. The minimum Gasteiger partial charge on any atom is -0.464 e. The van der Waals surface area contributed by atoms with Gasteiger partial charge in [0.25, 0.3) is 0 Å². The van der Waals surface area contributed by atoms with Crippen LogP contribution in [0.5, 0.6) is 0 Å². The average Bonchev–Trinajstić information content (AvgIpc) is 3.36. The second-order valence-corrected chi connectivity index (χ2v) is 9.95. The largest absolute Gasteiger partial charge is 0.464 e. The molecule has 34 heavy (non-hydrogen) atoms. The number of aliphatic hydroxyl groups excluding tert-OH is 2. The lowest BCUT2D eigenvalue weighted by Gasteiger charge is -2.24. The Hall–Kier alpha value is -2.55. The molecule has 6 atom stereocenters. The number of carbonyl (C=O) groups is 1. The number of nitriles is 1. The molecule has 1 unspecified atom stereocenters. The summed E-state index contributed by atoms with van der Waals surface area (Å²) in [5, 5.41) is 38.1. The third-order valence-electron chi connectivity index (χ3n) is 6.22. The highest BCUT2D eigenvalue weighted by Crippen LogP contribution is 2.42. The topological polar surface area (TPSA) is 185 Å². The summed E-state index contributed by atoms with van der Waals surface area (Å²) in [4.78, 5) is 16.1. The highest BCUT2D eigenvalue weighted by atomic mass is 31.1. The number of aromatic nitrogens is 3. The van der Waals surface area contributed by atoms with E-state index in [1.807, 2.05) is 19.9 Å². The maximum atomic E-state index is 12.7. The van der Waals surface area contributed by atoms with Gasteiger partial charge in [-0.15, -0.1) is 0 Å². The van der Waals surface area contributed by atoms with Crippen molar-refractivity contribution in [3.05, 3.63) is 24.2 Å². The van der Waals surface area contributed by atoms with E-state index in [1.165, 1.54) is 23.8 Å². The van der Waals surface area contributed by atoms with E-state index in [0.29, 0.717) is 12.1 Å². The number of fused-ring (bicyclic) bond motifs is 1. The molecule has 12 nitrogen and oxygen atoms in total. The molecule has 13 heteroatoms. The normalized spacial score (nSPS) is 26.4. The minimum absolute atomic E-state index is 0.152. The van der Waals surface area contributed by atoms with Crippen molar-refractivity contribution in [1.82, 2.24) is 19.7 Å². The fraction of sp³-hybridized carbons (Fsp3) is 0.619. The van der Waals surface area contributed by atoms with Crippen LogP contribution < -0.4 is 10.8 Å². The van der Waals surface area contributed by atoms with Crippen LogP contribution in [0.25, 0.3) is 5.52 Å². The number of hydrogen-bond donors (Lipinski definition) is 4. The van der Waals surface area contributed by atoms with Gasteiger partial charge >= 0.3 is 5.97 Å². The van der Waals surface area contributed by atoms with Crippen molar-refractivity contribution in [1.29, 1.82) is 5.26 Å². The fourth-order valence-corrected chi connectivity index (χ4v) is 5.38. The van der Waals surface area contributed by atoms with Crippen LogP contribution in [0.2, 0.25) is 0 Å². The molecule has 0 radical (unpaired) electrons. The molecule has 1 fully saturated rings. The van der Waals surface area contributed by atoms with Crippen molar-refractivity contribution in [3.63, 3.8) is 0 Å². The zero-order chi connectivity index (χ0) is 25.0. The summed E-state index contributed by atoms with van der Waals surface area (Å²) in [6, 6.07) is 4.17. The lowest BCUT2D eigenvalue weighted by molar-refractivity contribution is -0.146. The molecule has 2 aromatic heterocycles. The van der Waals surface area contributed by atoms with Crippen LogP contribution in [-0.2, 0) is 24.4 Å². The minimum atomic E-state index is -2.65. The number of nitrogen functional groups attached to an aromatic ring is 1. The van der Waals surface area contributed by atoms with Crippen molar-refractivity contribution in [2.45, 2.75) is 63.6 Å². The van der Waals surface area contributed by atoms with Gasteiger partial charge in [0, 0.05) is 6.16 Å². The molecule has 3 rings (SSSR count). The van der Waals surface area contributed by atoms with E-state index in [-0.39, 0.29) is 23.6 Å². The van der Waals surface area contributed by atoms with Crippen LogP contribution in [0, 0.1) is 17.2 Å². The molecule has 1 aliphatic heterocycles. The number of nitrogens with one attached hydrogen (secondary N) is 1. The van der Waals surface area contributed by atoms with Gasteiger partial charge in [-0.05, 0) is 25.0 Å². The van der Waals surface area contributed by atoms with Gasteiger partial charge < -0.3 is 30.0 Å². The number of nitrogens with zero attached hydrogens (tertiary/aromatic N) is 4. The third-order valence-corrected chi connectivity index (χ3v) is 7.75. The van der Waals surface area contributed by atoms with Crippen molar-refractivity contribution in [2.24, 2.45) is 5.92 Å². The van der Waals surface area contributed by atoms with Crippen molar-refractivity contribution >= 4 is 25.3 Å². The Morgan fingerprint density at radius 1 is 1.44 bits per heavy atom. The molecule has 186 valence electrons. The van der Waals surface area contributed by atoms with Gasteiger partial charge in [-0.1, -0.05) is 26.7 Å². The zero-order valence-corrected chi connectivity index (χ0v) is 20.3. The zero-order valence-electron chi connectivity index (χ0n) is 19.3. The van der Waals surface area contributed by atoms with Gasteiger partial charge in [-0.25, -0.2) is 9.50 Å². The highest BCUT2D eigenvalue weighted by Gasteiger charge is 2.57. The first-order valence-corrected chi connectivity index (χ1v) is 12.8. The van der Waals surface area contributed by atoms with E-state index in [1.54, 1.807) is 6.07 Å². The quantitative estimate of drug-likeness (QED) is 0.267. The number of rotatable bonds is 10. The van der Waals surface area contributed by atoms with Crippen molar-refractivity contribution < 1.29 is 29.0 Å². The molecule has 0 bridgehead atoms. The first kappa shape index (κ1) is 26.1. The second-order valence-electron chi connectivity index (χ2n) is 8.41. The molecule has 2 aromatic rings. The SMILES string of the molecule is CCC(CC)COC(=O)[C@H](C)N[PH](=O)C[C@H]1O[C@@](C#N)(c2ccc3c(N)ncnn23)[C@H](O)[C@@H]1O. The Balaban J connectivity index is 1.69. The Morgan fingerprint density at radius 3 is 2.79 bits per heavy atom. The number of ether oxygens (including phenoxy) is 2. The predicted molar refractivity (Wildman–Crippen MR) is 123 cm³/mol. The Morgan fingerprint density at radius 2 is 2.15 bits per heavy atom. The average molecular weight is 494 g/mol. The first-order chi connectivity index (χ1) is 16.2. The van der Waals surface area contributed by atoms with Crippen LogP contribution in [0.15, 0.2) is 18.5 Å². The van der Waals surface area contributed by atoms with E-state index < -0.39 is 43.9 Å². The molecule has 0 aromatic carbocycles. The van der Waals surface area contributed by atoms with Gasteiger partial charge in [-0.3, -0.25) is 9.88 Å². The van der Waals surface area contributed by atoms with Gasteiger partial charge in [0.15, 0.2) is 5.82 Å². The lowest BCUT2D eigenvalue weighted by Crippen LogP contribution is -2.41. The van der Waals surface area contributed by atoms with Gasteiger partial charge in [0.2, 0.25) is 5.60 Å². The molecule has 0 amide bonds. The summed E-state index contributed by atoms with van der Waals surface area (Å²) < 4.78 is 25.2. The van der Waals surface area contributed by atoms with Crippen LogP contribution >= 0.6 is 7.95 Å². The Labute approximate surface area is 197 Å². The van der Waals surface area contributed by atoms with E-state index >= 15 is 0 Å². The molecular weight excluding hydrogens is 463 g/mol. The van der Waals surface area contributed by atoms with Crippen molar-refractivity contribution in [3.8, 4) is 6.07 Å². The maximum Gasteiger partial charge on any atom is 0.323 e. The molecule has 0 spiro atoms. The van der Waals surface area contributed by atoms with Gasteiger partial charge in [-0.2, -0.15) is 10.4 Å². The van der Waals surface area contributed by atoms with E-state index in [2.05, 4.69) is 15.2 Å². The standard InChI is InChI=1S/C21H31N6O6P/c1-4-13(5-2)8-32-20(30)12(3)26-34(31)9-15-17(28)18(29)21(10-22,33-15)16-7-6-14-19(23)24-11-25-27(14)16/h6-7,11-13,15,17-18,28-29,34H,4-5,8-9H2,1-3H3,(H,26,31)(H2,23,24,25)/t12-,15+,17+,18+,21-/m0/s1. The van der Waals surface area contributed by atoms with Crippen LogP contribution in [0.4, 0.5) is 5.82 Å². The van der Waals surface area contributed by atoms with Crippen LogP contribution in [0.3, 0.4) is 0 Å². The summed E-state index contributed by atoms with van der Waals surface area (Å²) in [5.41, 5.74) is 4.42. The van der Waals surface area contributed by atoms with E-state index in [4.69, 9.17) is 15.2 Å². The summed E-state index contributed by atoms with van der Waals surface area (Å²) in [6.07, 6.45) is -1.53. The predicted octanol–water partition coefficient (Wildman–Crippen LogP) is 0.583. The van der Waals surface area contributed by atoms with Crippen LogP contribution in [-0.4, -0.2) is 67.9 Å². The number of anilines is 1. The van der Waals surface area contributed by atoms with E-state index in [0.717, 1.165) is 12.8 Å². The summed E-state index contributed by atoms with van der Waals surface area (Å²) in [6.45, 7) is 5.86. The number of esters is 1. The van der Waals surface area contributed by atoms with Gasteiger partial charge in [0.1, 0.15) is 44.1 Å². The lowest BCUT2D eigenvalue weighted by atomic mass is 9.93. The molecule has 5 N–H and O–H groups in total. The molecule has 3 heterocycles. The van der Waals surface area contributed by atoms with E-state index in [9.17, 15) is 24.8 Å². The van der Waals surface area contributed by atoms with Crippen molar-refractivity contribution in [2.75, 3.05) is 18.5 Å². The number of carbonyl (C=O) groups excluding carboxylic acids is 1. The second kappa shape index (κ2) is 10.8. The van der Waals surface area contributed by atoms with Gasteiger partial charge in [0.05, 0.1) is 18.4 Å². The molecular formula is C21H31N6O6P. The summed E-state index contributed by atoms with van der Waals surface area (Å²) in [7, 11) is -2.65. The maximum absolute atomic E-state index is 12.7. The monoisotopic (exact) mass is 494 g/mol. The third kappa shape index (κ3) is 4.94. The Kier molecular flexibility index (Phi) is 8.28. The number of aliphatic hydroxyl groups is 2. The molecule has 1 aliphatic rings. The Bertz CT molecular complexity index is 1090. The van der Waals surface area contributed by atoms with Crippen LogP contribution in [0.1, 0.15) is 39.3 Å². The first-order valence-electron chi connectivity index (χ1n) is 11.2. The molecule has 0 aliphatic carbocycles. The summed E-state index contributed by atoms with van der Waals surface area (Å²) in [5.74, 6) is -0.0960.